The predicted molar refractivity (Wildman–Crippen MR) is 54.1 cm³/mol. The molecule has 11 heteroatoms. The lowest BCUT2D eigenvalue weighted by molar-refractivity contribution is -0.109. The quantitative estimate of drug-likeness (QED) is 0.602. The first-order valence-electron chi connectivity index (χ1n) is 4.50. The Morgan fingerprint density at radius 1 is 1.53 bits per heavy atom. The highest BCUT2D eigenvalue weighted by Crippen LogP contribution is 2.65. The minimum Gasteiger partial charge on any atom is -0.393 e. The zero-order valence-electron chi connectivity index (χ0n) is 9.18. The van der Waals surface area contributed by atoms with Crippen molar-refractivity contribution < 1.29 is 42.1 Å². The first kappa shape index (κ1) is 15.2. The lowest BCUT2D eigenvalue weighted by Crippen LogP contribution is -2.48. The fourth-order valence-corrected chi connectivity index (χ4v) is 3.78. The van der Waals surface area contributed by atoms with Gasteiger partial charge in [0.05, 0.1) is 13.2 Å². The van der Waals surface area contributed by atoms with Crippen LogP contribution < -0.4 is 0 Å². The fraction of sp³-hybridized carbons (Fsp3) is 1.00. The standard InChI is InChI=1S/C6H14O9P2/c1-6(4-7)5(8)3-13-17(11,12-2)15-16(9,10)14-6/h5,7-8H,3-4H2,1-2H3,(H,9,10). The molecule has 0 spiro atoms. The van der Waals surface area contributed by atoms with E-state index in [2.05, 4.69) is 17.9 Å². The Labute approximate surface area is 97.5 Å². The van der Waals surface area contributed by atoms with Gasteiger partial charge in [-0.2, -0.15) is 4.31 Å². The highest BCUT2D eigenvalue weighted by atomic mass is 31.3. The third kappa shape index (κ3) is 3.57. The number of aliphatic hydroxyl groups excluding tert-OH is 2. The number of rotatable bonds is 2. The molecule has 0 aromatic rings. The molecule has 1 fully saturated rings. The topological polar surface area (TPSA) is 132 Å². The van der Waals surface area contributed by atoms with Gasteiger partial charge in [0.15, 0.2) is 0 Å². The molecule has 1 saturated heterocycles. The highest BCUT2D eigenvalue weighted by molar-refractivity contribution is 7.61. The first-order chi connectivity index (χ1) is 7.66. The van der Waals surface area contributed by atoms with Crippen molar-refractivity contribution in [3.8, 4) is 0 Å². The van der Waals surface area contributed by atoms with Crippen LogP contribution in [0.25, 0.3) is 0 Å². The second kappa shape index (κ2) is 5.05. The molecule has 4 atom stereocenters. The maximum atomic E-state index is 11.6. The Kier molecular flexibility index (Phi) is 4.52. The number of aliphatic hydroxyl groups is 2. The molecule has 0 aromatic carbocycles. The Hall–Kier alpha value is 0.180. The molecule has 1 aliphatic rings. The zero-order chi connectivity index (χ0) is 13.3. The fourth-order valence-electron chi connectivity index (χ4n) is 1.05. The van der Waals surface area contributed by atoms with E-state index in [1.54, 1.807) is 0 Å². The molecular weight excluding hydrogens is 278 g/mol. The van der Waals surface area contributed by atoms with Gasteiger partial charge in [0.1, 0.15) is 11.7 Å². The van der Waals surface area contributed by atoms with Crippen molar-refractivity contribution in [3.05, 3.63) is 0 Å². The minimum absolute atomic E-state index is 0.553. The van der Waals surface area contributed by atoms with Crippen LogP contribution in [0.3, 0.4) is 0 Å². The summed E-state index contributed by atoms with van der Waals surface area (Å²) in [7, 11) is -8.13. The van der Waals surface area contributed by atoms with Gasteiger partial charge in [-0.3, -0.25) is 13.6 Å². The molecule has 1 aliphatic heterocycles. The lowest BCUT2D eigenvalue weighted by Gasteiger charge is -2.36. The average Bonchev–Trinajstić information content (AvgIpc) is 2.23. The molecule has 0 bridgehead atoms. The van der Waals surface area contributed by atoms with Gasteiger partial charge in [0, 0.05) is 7.11 Å². The normalized spacial score (nSPS) is 48.4. The van der Waals surface area contributed by atoms with Crippen LogP contribution in [0.1, 0.15) is 6.92 Å². The summed E-state index contributed by atoms with van der Waals surface area (Å²) >= 11 is 0. The summed E-state index contributed by atoms with van der Waals surface area (Å²) in [6.07, 6.45) is -1.49. The van der Waals surface area contributed by atoms with Gasteiger partial charge < -0.3 is 15.1 Å². The monoisotopic (exact) mass is 292 g/mol. The van der Waals surface area contributed by atoms with Gasteiger partial charge in [0.2, 0.25) is 0 Å². The maximum absolute atomic E-state index is 11.6. The molecule has 1 rings (SSSR count). The van der Waals surface area contributed by atoms with Crippen molar-refractivity contribution in [2.75, 3.05) is 20.3 Å². The minimum atomic E-state index is -4.80. The van der Waals surface area contributed by atoms with Crippen LogP contribution in [0.15, 0.2) is 0 Å². The van der Waals surface area contributed by atoms with Crippen molar-refractivity contribution in [1.82, 2.24) is 0 Å². The summed E-state index contributed by atoms with van der Waals surface area (Å²) in [5.74, 6) is 0. The van der Waals surface area contributed by atoms with Gasteiger partial charge in [0.25, 0.3) is 0 Å². The molecule has 0 saturated carbocycles. The first-order valence-corrected chi connectivity index (χ1v) is 7.46. The molecule has 0 aliphatic carbocycles. The van der Waals surface area contributed by atoms with Crippen LogP contribution >= 0.6 is 15.6 Å². The number of phosphoric acid groups is 2. The average molecular weight is 292 g/mol. The van der Waals surface area contributed by atoms with Crippen molar-refractivity contribution in [2.45, 2.75) is 18.6 Å². The van der Waals surface area contributed by atoms with Crippen LogP contribution in [0.5, 0.6) is 0 Å². The van der Waals surface area contributed by atoms with Crippen molar-refractivity contribution in [3.63, 3.8) is 0 Å². The molecule has 1 heterocycles. The molecule has 4 unspecified atom stereocenters. The van der Waals surface area contributed by atoms with Gasteiger partial charge in [-0.15, -0.1) is 0 Å². The molecule has 3 N–H and O–H groups in total. The number of hydrogen-bond acceptors (Lipinski definition) is 8. The number of phosphoric ester groups is 2. The summed E-state index contributed by atoms with van der Waals surface area (Å²) in [6, 6.07) is 0. The van der Waals surface area contributed by atoms with Crippen LogP contribution in [0.2, 0.25) is 0 Å². The van der Waals surface area contributed by atoms with Crippen LogP contribution in [0, 0.1) is 0 Å². The summed E-state index contributed by atoms with van der Waals surface area (Å²) in [5.41, 5.74) is -1.77. The van der Waals surface area contributed by atoms with E-state index in [4.69, 9.17) is 5.11 Å². The molecule has 102 valence electrons. The third-order valence-corrected chi connectivity index (χ3v) is 5.35. The second-order valence-electron chi connectivity index (χ2n) is 3.55. The molecule has 0 aromatic heterocycles. The van der Waals surface area contributed by atoms with E-state index in [0.29, 0.717) is 0 Å². The highest BCUT2D eigenvalue weighted by Gasteiger charge is 2.49. The van der Waals surface area contributed by atoms with Gasteiger partial charge in [-0.05, 0) is 6.92 Å². The van der Waals surface area contributed by atoms with E-state index < -0.39 is 40.6 Å². The second-order valence-corrected chi connectivity index (χ2v) is 6.84. The SMILES string of the molecule is COP1(=O)OCC(O)C(C)(CO)OP(=O)(O)O1. The van der Waals surface area contributed by atoms with Crippen molar-refractivity contribution in [2.24, 2.45) is 0 Å². The van der Waals surface area contributed by atoms with E-state index in [1.807, 2.05) is 0 Å². The summed E-state index contributed by atoms with van der Waals surface area (Å²) in [4.78, 5) is 9.29. The summed E-state index contributed by atoms with van der Waals surface area (Å²) < 4.78 is 40.8. The Morgan fingerprint density at radius 3 is 2.59 bits per heavy atom. The lowest BCUT2D eigenvalue weighted by atomic mass is 10.0. The van der Waals surface area contributed by atoms with Crippen molar-refractivity contribution >= 4 is 15.6 Å². The Morgan fingerprint density at radius 2 is 2.12 bits per heavy atom. The summed E-state index contributed by atoms with van der Waals surface area (Å²) in [6.45, 7) is -0.138. The Bertz CT molecular complexity index is 370. The van der Waals surface area contributed by atoms with Crippen LogP contribution in [0.4, 0.5) is 0 Å². The third-order valence-electron chi connectivity index (χ3n) is 2.16. The van der Waals surface area contributed by atoms with E-state index >= 15 is 0 Å². The van der Waals surface area contributed by atoms with E-state index in [9.17, 15) is 19.1 Å². The van der Waals surface area contributed by atoms with Gasteiger partial charge in [-0.1, -0.05) is 0 Å². The van der Waals surface area contributed by atoms with E-state index in [1.165, 1.54) is 6.92 Å². The zero-order valence-corrected chi connectivity index (χ0v) is 11.0. The molecule has 17 heavy (non-hydrogen) atoms. The maximum Gasteiger partial charge on any atom is 0.483 e. The molecule has 0 amide bonds. The largest absolute Gasteiger partial charge is 0.483 e. The Balaban J connectivity index is 3.03. The molecular formula is C6H14O9P2. The van der Waals surface area contributed by atoms with Gasteiger partial charge >= 0.3 is 15.6 Å². The van der Waals surface area contributed by atoms with Crippen LogP contribution in [-0.4, -0.2) is 47.1 Å². The smallest absolute Gasteiger partial charge is 0.393 e. The van der Waals surface area contributed by atoms with E-state index in [-0.39, 0.29) is 0 Å². The summed E-state index contributed by atoms with van der Waals surface area (Å²) in [5, 5.41) is 18.6. The van der Waals surface area contributed by atoms with Gasteiger partial charge in [-0.25, -0.2) is 9.13 Å². The predicted octanol–water partition coefficient (Wildman–Crippen LogP) is 0.0166. The molecule has 9 nitrogen and oxygen atoms in total. The molecule has 0 radical (unpaired) electrons. The van der Waals surface area contributed by atoms with Crippen LogP contribution in [-0.2, 0) is 27.0 Å². The van der Waals surface area contributed by atoms with E-state index in [0.717, 1.165) is 7.11 Å². The number of hydrogen-bond donors (Lipinski definition) is 3. The van der Waals surface area contributed by atoms with Crippen molar-refractivity contribution in [1.29, 1.82) is 0 Å².